The Labute approximate surface area is 265 Å². The summed E-state index contributed by atoms with van der Waals surface area (Å²) < 4.78 is 27.3. The van der Waals surface area contributed by atoms with Crippen LogP contribution < -0.4 is 9.62 Å². The van der Waals surface area contributed by atoms with E-state index in [2.05, 4.69) is 5.32 Å². The van der Waals surface area contributed by atoms with Crippen LogP contribution in [-0.2, 0) is 32.6 Å². The number of nitrogens with one attached hydrogen (secondary N) is 1. The maximum Gasteiger partial charge on any atom is 0.244 e. The highest BCUT2D eigenvalue weighted by Gasteiger charge is 2.34. The van der Waals surface area contributed by atoms with Crippen molar-refractivity contribution in [3.05, 3.63) is 99.0 Å². The third-order valence-electron chi connectivity index (χ3n) is 7.88. The van der Waals surface area contributed by atoms with E-state index in [9.17, 15) is 18.0 Å². The van der Waals surface area contributed by atoms with E-state index in [1.807, 2.05) is 56.3 Å². The largest absolute Gasteiger partial charge is 0.352 e. The van der Waals surface area contributed by atoms with Gasteiger partial charge >= 0.3 is 0 Å². The van der Waals surface area contributed by atoms with Crippen LogP contribution in [0.5, 0.6) is 0 Å². The quantitative estimate of drug-likeness (QED) is 0.260. The van der Waals surface area contributed by atoms with E-state index in [1.165, 1.54) is 4.90 Å². The molecule has 1 saturated carbocycles. The highest BCUT2D eigenvalue weighted by Crippen LogP contribution is 2.27. The van der Waals surface area contributed by atoms with Crippen LogP contribution in [0.1, 0.15) is 54.4 Å². The van der Waals surface area contributed by atoms with Gasteiger partial charge in [-0.25, -0.2) is 8.42 Å². The Morgan fingerprint density at radius 2 is 1.65 bits per heavy atom. The third-order valence-corrected chi connectivity index (χ3v) is 9.59. The fourth-order valence-corrected chi connectivity index (χ4v) is 6.99. The van der Waals surface area contributed by atoms with E-state index >= 15 is 0 Å². The number of hydrogen-bond donors (Lipinski definition) is 1. The Kier molecular flexibility index (Phi) is 11.2. The Morgan fingerprint density at radius 3 is 2.28 bits per heavy atom. The van der Waals surface area contributed by atoms with Crippen LogP contribution in [0, 0.1) is 13.8 Å². The first-order chi connectivity index (χ1) is 20.4. The molecule has 0 radical (unpaired) electrons. The summed E-state index contributed by atoms with van der Waals surface area (Å²) in [7, 11) is -3.85. The van der Waals surface area contributed by atoms with Gasteiger partial charge in [-0.15, -0.1) is 0 Å². The van der Waals surface area contributed by atoms with Gasteiger partial charge in [0.05, 0.1) is 11.9 Å². The Bertz CT molecular complexity index is 1540. The fraction of sp³-hybridized carbons (Fsp3) is 0.394. The predicted molar refractivity (Wildman–Crippen MR) is 174 cm³/mol. The molecule has 0 spiro atoms. The molecule has 0 saturated heterocycles. The molecule has 0 bridgehead atoms. The SMILES string of the molecule is Cc1ccc(N(CC(=O)N(Cc2ccc(Cl)cc2Cl)[C@H](Cc2ccccc2)C(=O)NC2CCCCC2)S(C)(=O)=O)c(C)c1. The number of rotatable bonds is 11. The molecule has 3 aromatic carbocycles. The van der Waals surface area contributed by atoms with Crippen molar-refractivity contribution in [2.24, 2.45) is 0 Å². The summed E-state index contributed by atoms with van der Waals surface area (Å²) in [6.07, 6.45) is 6.31. The first-order valence-corrected chi connectivity index (χ1v) is 17.2. The monoisotopic (exact) mass is 643 g/mol. The van der Waals surface area contributed by atoms with Crippen molar-refractivity contribution in [1.29, 1.82) is 0 Å². The van der Waals surface area contributed by atoms with Gasteiger partial charge in [0.15, 0.2) is 0 Å². The van der Waals surface area contributed by atoms with Crippen molar-refractivity contribution >= 4 is 50.7 Å². The molecule has 0 aromatic heterocycles. The van der Waals surface area contributed by atoms with Crippen molar-refractivity contribution in [3.63, 3.8) is 0 Å². The second kappa shape index (κ2) is 14.6. The molecule has 10 heteroatoms. The lowest BCUT2D eigenvalue weighted by Gasteiger charge is -2.35. The molecule has 230 valence electrons. The summed E-state index contributed by atoms with van der Waals surface area (Å²) in [6, 6.07) is 19.0. The molecule has 0 heterocycles. The van der Waals surface area contributed by atoms with Crippen molar-refractivity contribution in [2.45, 2.75) is 71.0 Å². The first kappa shape index (κ1) is 32.8. The molecule has 3 aromatic rings. The van der Waals surface area contributed by atoms with Gasteiger partial charge in [0.2, 0.25) is 21.8 Å². The van der Waals surface area contributed by atoms with Crippen molar-refractivity contribution in [2.75, 3.05) is 17.1 Å². The van der Waals surface area contributed by atoms with E-state index in [0.717, 1.165) is 59.4 Å². The second-order valence-electron chi connectivity index (χ2n) is 11.4. The lowest BCUT2D eigenvalue weighted by Crippen LogP contribution is -2.55. The first-order valence-electron chi connectivity index (χ1n) is 14.5. The van der Waals surface area contributed by atoms with Crippen LogP contribution in [-0.4, -0.2) is 50.0 Å². The minimum atomic E-state index is -3.85. The minimum Gasteiger partial charge on any atom is -0.352 e. The highest BCUT2D eigenvalue weighted by atomic mass is 35.5. The number of amides is 2. The highest BCUT2D eigenvalue weighted by molar-refractivity contribution is 7.92. The Hall–Kier alpha value is -3.07. The summed E-state index contributed by atoms with van der Waals surface area (Å²) in [5, 5.41) is 3.99. The van der Waals surface area contributed by atoms with Gasteiger partial charge in [0.25, 0.3) is 0 Å². The molecule has 0 aliphatic heterocycles. The predicted octanol–water partition coefficient (Wildman–Crippen LogP) is 6.47. The van der Waals surface area contributed by atoms with Gasteiger partial charge in [0, 0.05) is 29.1 Å². The van der Waals surface area contributed by atoms with E-state index in [0.29, 0.717) is 21.3 Å². The number of aryl methyl sites for hydroxylation is 2. The Morgan fingerprint density at radius 1 is 0.953 bits per heavy atom. The third kappa shape index (κ3) is 8.97. The summed E-state index contributed by atoms with van der Waals surface area (Å²) >= 11 is 12.7. The number of sulfonamides is 1. The average Bonchev–Trinajstić information content (AvgIpc) is 2.95. The lowest BCUT2D eigenvalue weighted by molar-refractivity contribution is -0.140. The van der Waals surface area contributed by atoms with Crippen LogP contribution in [0.3, 0.4) is 0 Å². The van der Waals surface area contributed by atoms with Gasteiger partial charge in [-0.3, -0.25) is 13.9 Å². The maximum absolute atomic E-state index is 14.3. The van der Waals surface area contributed by atoms with Gasteiger partial charge in [-0.1, -0.05) is 96.6 Å². The maximum atomic E-state index is 14.3. The summed E-state index contributed by atoms with van der Waals surface area (Å²) in [6.45, 7) is 3.25. The molecule has 1 fully saturated rings. The number of benzene rings is 3. The standard InChI is InChI=1S/C33H39Cl2N3O4S/c1-23-14-17-30(24(2)18-23)38(43(3,41)42)22-32(39)37(21-26-15-16-27(34)20-29(26)35)31(19-25-10-6-4-7-11-25)33(40)36-28-12-8-5-9-13-28/h4,6-7,10-11,14-18,20,28,31H,5,8-9,12-13,19,21-22H2,1-3H3,(H,36,40)/t31-/m1/s1. The zero-order valence-electron chi connectivity index (χ0n) is 24.9. The lowest BCUT2D eigenvalue weighted by atomic mass is 9.94. The number of nitrogens with zero attached hydrogens (tertiary/aromatic N) is 2. The van der Waals surface area contributed by atoms with Crippen molar-refractivity contribution < 1.29 is 18.0 Å². The number of carbonyl (C=O) groups excluding carboxylic acids is 2. The minimum absolute atomic E-state index is 0.00506. The molecule has 4 rings (SSSR count). The van der Waals surface area contributed by atoms with E-state index < -0.39 is 28.5 Å². The molecule has 1 aliphatic carbocycles. The smallest absolute Gasteiger partial charge is 0.244 e. The number of anilines is 1. The molecule has 7 nitrogen and oxygen atoms in total. The number of halogens is 2. The zero-order chi connectivity index (χ0) is 31.1. The van der Waals surface area contributed by atoms with Crippen LogP contribution in [0.15, 0.2) is 66.7 Å². The molecule has 0 unspecified atom stereocenters. The second-order valence-corrected chi connectivity index (χ2v) is 14.1. The molecular formula is C33H39Cl2N3O4S. The van der Waals surface area contributed by atoms with Crippen molar-refractivity contribution in [1.82, 2.24) is 10.2 Å². The Balaban J connectivity index is 1.76. The molecule has 43 heavy (non-hydrogen) atoms. The van der Waals surface area contributed by atoms with Gasteiger partial charge in [-0.05, 0) is 61.6 Å². The van der Waals surface area contributed by atoms with Gasteiger partial charge in [-0.2, -0.15) is 0 Å². The summed E-state index contributed by atoms with van der Waals surface area (Å²) in [5.41, 5.74) is 3.59. The molecule has 1 N–H and O–H groups in total. The molecule has 2 amide bonds. The average molecular weight is 645 g/mol. The van der Waals surface area contributed by atoms with Gasteiger partial charge in [0.1, 0.15) is 12.6 Å². The molecule has 1 aliphatic rings. The normalized spacial score (nSPS) is 14.6. The van der Waals surface area contributed by atoms with Crippen molar-refractivity contribution in [3.8, 4) is 0 Å². The zero-order valence-corrected chi connectivity index (χ0v) is 27.2. The van der Waals surface area contributed by atoms with Crippen LogP contribution in [0.2, 0.25) is 10.0 Å². The van der Waals surface area contributed by atoms with Crippen LogP contribution in [0.4, 0.5) is 5.69 Å². The van der Waals surface area contributed by atoms with Gasteiger partial charge < -0.3 is 10.2 Å². The van der Waals surface area contributed by atoms with Crippen LogP contribution >= 0.6 is 23.2 Å². The molecular weight excluding hydrogens is 605 g/mol. The number of carbonyl (C=O) groups is 2. The van der Waals surface area contributed by atoms with E-state index in [-0.39, 0.29) is 24.9 Å². The molecule has 1 atom stereocenters. The topological polar surface area (TPSA) is 86.8 Å². The number of hydrogen-bond acceptors (Lipinski definition) is 4. The van der Waals surface area contributed by atoms with E-state index in [1.54, 1.807) is 24.3 Å². The fourth-order valence-electron chi connectivity index (χ4n) is 5.61. The summed E-state index contributed by atoms with van der Waals surface area (Å²) in [5.74, 6) is -0.789. The summed E-state index contributed by atoms with van der Waals surface area (Å²) in [4.78, 5) is 29.8. The van der Waals surface area contributed by atoms with Crippen LogP contribution in [0.25, 0.3) is 0 Å². The van der Waals surface area contributed by atoms with E-state index in [4.69, 9.17) is 23.2 Å².